The number of rotatable bonds is 3. The fraction of sp³-hybridized carbons (Fsp3) is 0.111. The van der Waals surface area contributed by atoms with Crippen LogP contribution in [-0.2, 0) is 16.0 Å². The lowest BCUT2D eigenvalue weighted by atomic mass is 10.1. The number of phenols is 1. The molecule has 0 unspecified atom stereocenters. The zero-order chi connectivity index (χ0) is 9.68. The quantitative estimate of drug-likeness (QED) is 0.652. The summed E-state index contributed by atoms with van der Waals surface area (Å²) in [5.41, 5.74) is 0.747. The van der Waals surface area contributed by atoms with Gasteiger partial charge in [-0.25, -0.2) is 0 Å². The van der Waals surface area contributed by atoms with Crippen molar-refractivity contribution in [2.45, 2.75) is 6.42 Å². The Balaban J connectivity index is 2.59. The Morgan fingerprint density at radius 2 is 2.00 bits per heavy atom. The molecule has 0 aliphatic heterocycles. The molecule has 0 heterocycles. The fourth-order valence-corrected chi connectivity index (χ4v) is 0.916. The molecular formula is C9H9NO3. The summed E-state index contributed by atoms with van der Waals surface area (Å²) in [6.07, 6.45) is 0.488. The summed E-state index contributed by atoms with van der Waals surface area (Å²) >= 11 is 0. The number of carbonyl (C=O) groups excluding carboxylic acids is 2. The van der Waals surface area contributed by atoms with Gasteiger partial charge in [0, 0.05) is 0 Å². The average molecular weight is 179 g/mol. The van der Waals surface area contributed by atoms with Crippen LogP contribution in [-0.4, -0.2) is 17.4 Å². The Morgan fingerprint density at radius 1 is 1.38 bits per heavy atom. The van der Waals surface area contributed by atoms with E-state index in [9.17, 15) is 9.59 Å². The van der Waals surface area contributed by atoms with Gasteiger partial charge in [0.1, 0.15) is 5.75 Å². The highest BCUT2D eigenvalue weighted by Gasteiger charge is 2.01. The fourth-order valence-electron chi connectivity index (χ4n) is 0.916. The molecule has 0 atom stereocenters. The number of hydrogen-bond acceptors (Lipinski definition) is 3. The van der Waals surface area contributed by atoms with Crippen LogP contribution in [0.3, 0.4) is 0 Å². The van der Waals surface area contributed by atoms with Crippen LogP contribution < -0.4 is 5.32 Å². The van der Waals surface area contributed by atoms with Gasteiger partial charge in [0.05, 0.1) is 6.42 Å². The standard InChI is InChI=1S/C9H9NO3/c11-6-10-9(13)5-7-1-3-8(12)4-2-7/h1-4,6,12H,5H2,(H,10,11,13). The maximum Gasteiger partial charge on any atom is 0.230 e. The average Bonchev–Trinajstić information content (AvgIpc) is 2.09. The molecule has 0 fully saturated rings. The second-order valence-corrected chi connectivity index (χ2v) is 2.53. The number of amides is 2. The van der Waals surface area contributed by atoms with Gasteiger partial charge in [0.25, 0.3) is 0 Å². The minimum Gasteiger partial charge on any atom is -0.508 e. The first-order chi connectivity index (χ1) is 6.22. The van der Waals surface area contributed by atoms with Gasteiger partial charge in [-0.15, -0.1) is 0 Å². The Hall–Kier alpha value is -1.84. The predicted octanol–water partition coefficient (Wildman–Crippen LogP) is 0.207. The molecule has 0 aliphatic rings. The van der Waals surface area contributed by atoms with Gasteiger partial charge in [-0.1, -0.05) is 12.1 Å². The van der Waals surface area contributed by atoms with Crippen molar-refractivity contribution in [2.24, 2.45) is 0 Å². The van der Waals surface area contributed by atoms with E-state index in [1.165, 1.54) is 12.1 Å². The molecule has 0 saturated carbocycles. The first kappa shape index (κ1) is 9.25. The number of nitrogens with one attached hydrogen (secondary N) is 1. The van der Waals surface area contributed by atoms with E-state index in [1.807, 2.05) is 5.32 Å². The minimum atomic E-state index is -0.360. The van der Waals surface area contributed by atoms with Gasteiger partial charge in [0.15, 0.2) is 0 Å². The first-order valence-electron chi connectivity index (χ1n) is 3.73. The number of aromatic hydroxyl groups is 1. The molecule has 0 saturated heterocycles. The smallest absolute Gasteiger partial charge is 0.230 e. The third kappa shape index (κ3) is 2.94. The molecule has 0 spiro atoms. The van der Waals surface area contributed by atoms with Crippen molar-refractivity contribution >= 4 is 12.3 Å². The van der Waals surface area contributed by atoms with Gasteiger partial charge >= 0.3 is 0 Å². The van der Waals surface area contributed by atoms with E-state index in [4.69, 9.17) is 5.11 Å². The van der Waals surface area contributed by atoms with Crippen molar-refractivity contribution in [3.8, 4) is 5.75 Å². The number of benzene rings is 1. The second-order valence-electron chi connectivity index (χ2n) is 2.53. The summed E-state index contributed by atoms with van der Waals surface area (Å²) in [6.45, 7) is 0. The van der Waals surface area contributed by atoms with Crippen LogP contribution in [0, 0.1) is 0 Å². The lowest BCUT2D eigenvalue weighted by Gasteiger charge is -1.99. The molecule has 13 heavy (non-hydrogen) atoms. The Bertz CT molecular complexity index is 305. The summed E-state index contributed by atoms with van der Waals surface area (Å²) in [7, 11) is 0. The largest absolute Gasteiger partial charge is 0.508 e. The molecule has 0 bridgehead atoms. The van der Waals surface area contributed by atoms with Crippen molar-refractivity contribution in [2.75, 3.05) is 0 Å². The molecule has 1 rings (SSSR count). The van der Waals surface area contributed by atoms with Crippen molar-refractivity contribution in [1.82, 2.24) is 5.32 Å². The van der Waals surface area contributed by atoms with E-state index in [-0.39, 0.29) is 18.1 Å². The highest BCUT2D eigenvalue weighted by molar-refractivity contribution is 5.87. The highest BCUT2D eigenvalue weighted by atomic mass is 16.3. The number of phenolic OH excluding ortho intramolecular Hbond substituents is 1. The van der Waals surface area contributed by atoms with E-state index in [2.05, 4.69) is 0 Å². The summed E-state index contributed by atoms with van der Waals surface area (Å²) in [5.74, 6) is -0.208. The molecule has 68 valence electrons. The zero-order valence-corrected chi connectivity index (χ0v) is 6.86. The topological polar surface area (TPSA) is 66.4 Å². The van der Waals surface area contributed by atoms with E-state index in [0.29, 0.717) is 6.41 Å². The van der Waals surface area contributed by atoms with Crippen LogP contribution >= 0.6 is 0 Å². The van der Waals surface area contributed by atoms with Crippen molar-refractivity contribution in [3.05, 3.63) is 29.8 Å². The second kappa shape index (κ2) is 4.25. The van der Waals surface area contributed by atoms with Gasteiger partial charge < -0.3 is 5.11 Å². The molecule has 4 nitrogen and oxygen atoms in total. The summed E-state index contributed by atoms with van der Waals surface area (Å²) in [6, 6.07) is 6.23. The third-order valence-corrected chi connectivity index (χ3v) is 1.52. The van der Waals surface area contributed by atoms with Gasteiger partial charge in [-0.2, -0.15) is 0 Å². The number of hydrogen-bond donors (Lipinski definition) is 2. The van der Waals surface area contributed by atoms with E-state index in [1.54, 1.807) is 12.1 Å². The summed E-state index contributed by atoms with van der Waals surface area (Å²) in [5, 5.41) is 11.0. The third-order valence-electron chi connectivity index (χ3n) is 1.52. The maximum absolute atomic E-state index is 10.9. The summed E-state index contributed by atoms with van der Waals surface area (Å²) in [4.78, 5) is 20.8. The summed E-state index contributed by atoms with van der Waals surface area (Å²) < 4.78 is 0. The normalized spacial score (nSPS) is 9.23. The van der Waals surface area contributed by atoms with Crippen molar-refractivity contribution in [3.63, 3.8) is 0 Å². The van der Waals surface area contributed by atoms with Crippen LogP contribution in [0.1, 0.15) is 5.56 Å². The van der Waals surface area contributed by atoms with Crippen molar-refractivity contribution in [1.29, 1.82) is 0 Å². The van der Waals surface area contributed by atoms with E-state index >= 15 is 0 Å². The molecule has 2 amide bonds. The highest BCUT2D eigenvalue weighted by Crippen LogP contribution is 2.09. The van der Waals surface area contributed by atoms with Crippen LogP contribution in [0.25, 0.3) is 0 Å². The maximum atomic E-state index is 10.9. The van der Waals surface area contributed by atoms with Crippen LogP contribution in [0.15, 0.2) is 24.3 Å². The Morgan fingerprint density at radius 3 is 2.54 bits per heavy atom. The van der Waals surface area contributed by atoms with Gasteiger partial charge in [-0.05, 0) is 17.7 Å². The minimum absolute atomic E-state index is 0.138. The SMILES string of the molecule is O=CNC(=O)Cc1ccc(O)cc1. The first-order valence-corrected chi connectivity index (χ1v) is 3.73. The molecular weight excluding hydrogens is 170 g/mol. The number of carbonyl (C=O) groups is 2. The Kier molecular flexibility index (Phi) is 3.03. The van der Waals surface area contributed by atoms with Crippen LogP contribution in [0.2, 0.25) is 0 Å². The zero-order valence-electron chi connectivity index (χ0n) is 6.86. The molecule has 1 aromatic rings. The lowest BCUT2D eigenvalue weighted by molar-refractivity contribution is -0.124. The molecule has 0 radical (unpaired) electrons. The predicted molar refractivity (Wildman–Crippen MR) is 46.0 cm³/mol. The van der Waals surface area contributed by atoms with E-state index < -0.39 is 0 Å². The molecule has 4 heteroatoms. The van der Waals surface area contributed by atoms with Crippen LogP contribution in [0.4, 0.5) is 0 Å². The molecule has 2 N–H and O–H groups in total. The van der Waals surface area contributed by atoms with Crippen molar-refractivity contribution < 1.29 is 14.7 Å². The van der Waals surface area contributed by atoms with Gasteiger partial charge in [-0.3, -0.25) is 14.9 Å². The lowest BCUT2D eigenvalue weighted by Crippen LogP contribution is -2.22. The monoisotopic (exact) mass is 179 g/mol. The van der Waals surface area contributed by atoms with Crippen LogP contribution in [0.5, 0.6) is 5.75 Å². The van der Waals surface area contributed by atoms with Gasteiger partial charge in [0.2, 0.25) is 12.3 Å². The molecule has 0 aliphatic carbocycles. The molecule has 0 aromatic heterocycles. The number of imide groups is 1. The van der Waals surface area contributed by atoms with E-state index in [0.717, 1.165) is 5.56 Å². The Labute approximate surface area is 75.2 Å². The molecule has 1 aromatic carbocycles.